The Morgan fingerprint density at radius 1 is 1.32 bits per heavy atom. The van der Waals surface area contributed by atoms with Crippen LogP contribution in [0.15, 0.2) is 23.2 Å². The molecule has 1 aliphatic heterocycles. The smallest absolute Gasteiger partial charge is 0.191 e. The summed E-state index contributed by atoms with van der Waals surface area (Å²) in [4.78, 5) is 7.01. The Bertz CT molecular complexity index is 592. The van der Waals surface area contributed by atoms with Crippen LogP contribution in [0.25, 0.3) is 0 Å². The Hall–Kier alpha value is -1.06. The molecule has 0 spiro atoms. The van der Waals surface area contributed by atoms with Gasteiger partial charge in [-0.25, -0.2) is 4.99 Å². The van der Waals surface area contributed by atoms with Crippen molar-refractivity contribution in [2.45, 2.75) is 46.3 Å². The highest BCUT2D eigenvalue weighted by Crippen LogP contribution is 2.23. The van der Waals surface area contributed by atoms with Gasteiger partial charge in [0.2, 0.25) is 0 Å². The monoisotopic (exact) mass is 504 g/mol. The van der Waals surface area contributed by atoms with Gasteiger partial charge < -0.3 is 25.0 Å². The van der Waals surface area contributed by atoms with Crippen molar-refractivity contribution in [3.05, 3.63) is 29.3 Å². The first-order chi connectivity index (χ1) is 13.1. The summed E-state index contributed by atoms with van der Waals surface area (Å²) in [5.41, 5.74) is 2.29. The van der Waals surface area contributed by atoms with Crippen LogP contribution in [0, 0.1) is 6.92 Å². The predicted molar refractivity (Wildman–Crippen MR) is 127 cm³/mol. The standard InChI is InChI=1S/C21H36N4O2.HI/c1-5-22-21(23-11-12-25(4)6-2)24-15-18-10-9-17(3)14-20(18)27-16-19-8-7-13-26-19;/h9-10,14,19H,5-8,11-13,15-16H2,1-4H3,(H2,22,23,24);1H. The van der Waals surface area contributed by atoms with Gasteiger partial charge in [0.25, 0.3) is 0 Å². The van der Waals surface area contributed by atoms with Crippen molar-refractivity contribution in [3.63, 3.8) is 0 Å². The molecule has 1 heterocycles. The fraction of sp³-hybridized carbons (Fsp3) is 0.667. The Morgan fingerprint density at radius 3 is 2.82 bits per heavy atom. The molecule has 0 aromatic heterocycles. The van der Waals surface area contributed by atoms with Crippen LogP contribution in [0.1, 0.15) is 37.8 Å². The van der Waals surface area contributed by atoms with E-state index in [-0.39, 0.29) is 30.1 Å². The van der Waals surface area contributed by atoms with Gasteiger partial charge in [0.15, 0.2) is 5.96 Å². The van der Waals surface area contributed by atoms with E-state index >= 15 is 0 Å². The molecule has 2 N–H and O–H groups in total. The maximum atomic E-state index is 6.08. The Morgan fingerprint density at radius 2 is 2.14 bits per heavy atom. The van der Waals surface area contributed by atoms with Crippen LogP contribution in [0.3, 0.4) is 0 Å². The number of likely N-dealkylation sites (N-methyl/N-ethyl adjacent to an activating group) is 1. The summed E-state index contributed by atoms with van der Waals surface area (Å²) in [6.45, 7) is 12.1. The molecule has 0 radical (unpaired) electrons. The van der Waals surface area contributed by atoms with E-state index in [1.54, 1.807) is 0 Å². The van der Waals surface area contributed by atoms with Gasteiger partial charge in [-0.15, -0.1) is 24.0 Å². The Labute approximate surface area is 187 Å². The third-order valence-corrected chi connectivity index (χ3v) is 4.75. The molecule has 1 aliphatic rings. The highest BCUT2D eigenvalue weighted by molar-refractivity contribution is 14.0. The van der Waals surface area contributed by atoms with Gasteiger partial charge >= 0.3 is 0 Å². The molecule has 7 heteroatoms. The summed E-state index contributed by atoms with van der Waals surface area (Å²) in [6, 6.07) is 6.31. The second-order valence-electron chi connectivity index (χ2n) is 7.08. The topological polar surface area (TPSA) is 58.1 Å². The summed E-state index contributed by atoms with van der Waals surface area (Å²) in [7, 11) is 2.12. The van der Waals surface area contributed by atoms with Gasteiger partial charge in [0.05, 0.1) is 12.6 Å². The first-order valence-electron chi connectivity index (χ1n) is 10.2. The normalized spacial score (nSPS) is 16.8. The maximum absolute atomic E-state index is 6.08. The molecule has 1 fully saturated rings. The van der Waals surface area contributed by atoms with E-state index in [0.717, 1.165) is 62.9 Å². The molecule has 0 bridgehead atoms. The van der Waals surface area contributed by atoms with E-state index in [1.807, 2.05) is 0 Å². The van der Waals surface area contributed by atoms with Gasteiger partial charge in [0, 0.05) is 31.8 Å². The van der Waals surface area contributed by atoms with Crippen molar-refractivity contribution in [1.82, 2.24) is 15.5 Å². The molecule has 1 aromatic rings. The van der Waals surface area contributed by atoms with Crippen molar-refractivity contribution in [2.24, 2.45) is 4.99 Å². The number of guanidine groups is 1. The predicted octanol–water partition coefficient (Wildman–Crippen LogP) is 3.18. The van der Waals surface area contributed by atoms with E-state index in [1.165, 1.54) is 5.56 Å². The van der Waals surface area contributed by atoms with Crippen LogP contribution in [-0.2, 0) is 11.3 Å². The molecule has 0 amide bonds. The summed E-state index contributed by atoms with van der Waals surface area (Å²) in [6.07, 6.45) is 2.43. The third kappa shape index (κ3) is 8.96. The number of halogens is 1. The molecule has 1 aromatic carbocycles. The number of hydrogen-bond donors (Lipinski definition) is 2. The zero-order valence-corrected chi connectivity index (χ0v) is 20.1. The molecule has 1 unspecified atom stereocenters. The van der Waals surface area contributed by atoms with E-state index in [0.29, 0.717) is 13.2 Å². The number of benzene rings is 1. The summed E-state index contributed by atoms with van der Waals surface area (Å²) in [5.74, 6) is 1.75. The molecular formula is C21H37IN4O2. The Kier molecular flexibility index (Phi) is 12.5. The van der Waals surface area contributed by atoms with Gasteiger partial charge in [0.1, 0.15) is 12.4 Å². The minimum absolute atomic E-state index is 0. The Balaban J connectivity index is 0.00000392. The molecule has 160 valence electrons. The first-order valence-corrected chi connectivity index (χ1v) is 10.2. The summed E-state index contributed by atoms with van der Waals surface area (Å²) >= 11 is 0. The van der Waals surface area contributed by atoms with Gasteiger partial charge in [-0.1, -0.05) is 19.1 Å². The van der Waals surface area contributed by atoms with Gasteiger partial charge in [-0.05, 0) is 51.9 Å². The summed E-state index contributed by atoms with van der Waals surface area (Å²) in [5, 5.41) is 6.71. The molecule has 1 atom stereocenters. The van der Waals surface area contributed by atoms with Crippen molar-refractivity contribution in [3.8, 4) is 5.75 Å². The average molecular weight is 504 g/mol. The number of aryl methyl sites for hydroxylation is 1. The number of nitrogens with one attached hydrogen (secondary N) is 2. The highest BCUT2D eigenvalue weighted by Gasteiger charge is 2.17. The first kappa shape index (κ1) is 25.0. The maximum Gasteiger partial charge on any atom is 0.191 e. The van der Waals surface area contributed by atoms with E-state index in [2.05, 4.69) is 61.6 Å². The highest BCUT2D eigenvalue weighted by atomic mass is 127. The van der Waals surface area contributed by atoms with Crippen LogP contribution in [-0.4, -0.2) is 63.4 Å². The van der Waals surface area contributed by atoms with Gasteiger partial charge in [-0.2, -0.15) is 0 Å². The number of nitrogens with zero attached hydrogens (tertiary/aromatic N) is 2. The molecule has 0 saturated carbocycles. The number of ether oxygens (including phenoxy) is 2. The lowest BCUT2D eigenvalue weighted by Crippen LogP contribution is -2.40. The van der Waals surface area contributed by atoms with E-state index in [9.17, 15) is 0 Å². The zero-order valence-electron chi connectivity index (χ0n) is 17.8. The van der Waals surface area contributed by atoms with E-state index < -0.39 is 0 Å². The lowest BCUT2D eigenvalue weighted by Gasteiger charge is -2.17. The van der Waals surface area contributed by atoms with Crippen LogP contribution in [0.5, 0.6) is 5.75 Å². The minimum Gasteiger partial charge on any atom is -0.491 e. The lowest BCUT2D eigenvalue weighted by molar-refractivity contribution is 0.0676. The quantitative estimate of drug-likeness (QED) is 0.291. The van der Waals surface area contributed by atoms with Gasteiger partial charge in [-0.3, -0.25) is 0 Å². The fourth-order valence-electron chi connectivity index (χ4n) is 2.91. The largest absolute Gasteiger partial charge is 0.491 e. The minimum atomic E-state index is 0. The van der Waals surface area contributed by atoms with Crippen molar-refractivity contribution >= 4 is 29.9 Å². The fourth-order valence-corrected chi connectivity index (χ4v) is 2.91. The van der Waals surface area contributed by atoms with Crippen LogP contribution in [0.4, 0.5) is 0 Å². The van der Waals surface area contributed by atoms with Crippen molar-refractivity contribution in [1.29, 1.82) is 0 Å². The number of aliphatic imine (C=N–C) groups is 1. The molecule has 1 saturated heterocycles. The van der Waals surface area contributed by atoms with Crippen molar-refractivity contribution < 1.29 is 9.47 Å². The van der Waals surface area contributed by atoms with E-state index in [4.69, 9.17) is 14.5 Å². The molecule has 0 aliphatic carbocycles. The number of hydrogen-bond acceptors (Lipinski definition) is 4. The molecule has 28 heavy (non-hydrogen) atoms. The van der Waals surface area contributed by atoms with Crippen LogP contribution in [0.2, 0.25) is 0 Å². The molecular weight excluding hydrogens is 467 g/mol. The summed E-state index contributed by atoms with van der Waals surface area (Å²) < 4.78 is 11.8. The molecule has 2 rings (SSSR count). The van der Waals surface area contributed by atoms with Crippen molar-refractivity contribution in [2.75, 3.05) is 46.4 Å². The van der Waals surface area contributed by atoms with Crippen LogP contribution < -0.4 is 15.4 Å². The van der Waals surface area contributed by atoms with Crippen LogP contribution >= 0.6 is 24.0 Å². The SMILES string of the molecule is CCNC(=NCc1ccc(C)cc1OCC1CCCO1)NCCN(C)CC.I. The lowest BCUT2D eigenvalue weighted by atomic mass is 10.1. The molecule has 6 nitrogen and oxygen atoms in total. The third-order valence-electron chi connectivity index (χ3n) is 4.75. The zero-order chi connectivity index (χ0) is 19.5. The average Bonchev–Trinajstić information content (AvgIpc) is 3.18. The number of rotatable bonds is 10. The second-order valence-corrected chi connectivity index (χ2v) is 7.08. The second kappa shape index (κ2) is 14.0.